The predicted molar refractivity (Wildman–Crippen MR) is 70.4 cm³/mol. The first kappa shape index (κ1) is 12.9. The van der Waals surface area contributed by atoms with Gasteiger partial charge in [0, 0.05) is 27.3 Å². The fourth-order valence-corrected chi connectivity index (χ4v) is 2.28. The van der Waals surface area contributed by atoms with Crippen molar-refractivity contribution in [1.29, 1.82) is 0 Å². The number of ether oxygens (including phenoxy) is 1. The zero-order chi connectivity index (χ0) is 13.0. The molecule has 0 saturated carbocycles. The summed E-state index contributed by atoms with van der Waals surface area (Å²) in [6.45, 7) is 1.37. The Bertz CT molecular complexity index is 398. The molecule has 0 aliphatic carbocycles. The van der Waals surface area contributed by atoms with Crippen LogP contribution in [0.25, 0.3) is 0 Å². The van der Waals surface area contributed by atoms with Crippen LogP contribution in [0.3, 0.4) is 0 Å². The number of hydrogen-bond donors (Lipinski definition) is 1. The lowest BCUT2D eigenvalue weighted by Gasteiger charge is -2.39. The van der Waals surface area contributed by atoms with E-state index in [-0.39, 0.29) is 11.6 Å². The lowest BCUT2D eigenvalue weighted by atomic mass is 9.83. The smallest absolute Gasteiger partial charge is 0.317 e. The number of urea groups is 1. The maximum atomic E-state index is 12.0. The van der Waals surface area contributed by atoms with Gasteiger partial charge in [-0.2, -0.15) is 0 Å². The van der Waals surface area contributed by atoms with Crippen LogP contribution >= 0.6 is 0 Å². The predicted octanol–water partition coefficient (Wildman–Crippen LogP) is 1.96. The molecule has 2 rings (SSSR count). The van der Waals surface area contributed by atoms with E-state index in [4.69, 9.17) is 4.74 Å². The fraction of sp³-hybridized carbons (Fsp3) is 0.500. The van der Waals surface area contributed by atoms with Crippen LogP contribution in [0.15, 0.2) is 30.3 Å². The summed E-state index contributed by atoms with van der Waals surface area (Å²) in [6.07, 6.45) is 1.63. The second kappa shape index (κ2) is 5.40. The number of hydrogen-bond acceptors (Lipinski definition) is 2. The number of benzene rings is 1. The molecule has 1 heterocycles. The van der Waals surface area contributed by atoms with Gasteiger partial charge in [-0.15, -0.1) is 0 Å². The van der Waals surface area contributed by atoms with E-state index in [1.54, 1.807) is 19.0 Å². The van der Waals surface area contributed by atoms with Crippen molar-refractivity contribution < 1.29 is 9.53 Å². The molecule has 1 aliphatic heterocycles. The number of carbonyl (C=O) groups excluding carboxylic acids is 1. The zero-order valence-electron chi connectivity index (χ0n) is 11.0. The van der Waals surface area contributed by atoms with Gasteiger partial charge in [0.1, 0.15) is 0 Å². The van der Waals surface area contributed by atoms with E-state index >= 15 is 0 Å². The molecule has 1 aliphatic rings. The summed E-state index contributed by atoms with van der Waals surface area (Å²) in [5, 5.41) is 3.16. The van der Waals surface area contributed by atoms with Crippen molar-refractivity contribution in [3.05, 3.63) is 35.9 Å². The highest BCUT2D eigenvalue weighted by molar-refractivity contribution is 5.74. The Labute approximate surface area is 108 Å². The van der Waals surface area contributed by atoms with E-state index in [0.29, 0.717) is 13.2 Å². The summed E-state index contributed by atoms with van der Waals surface area (Å²) in [5.41, 5.74) is 0.865. The zero-order valence-corrected chi connectivity index (χ0v) is 11.0. The third kappa shape index (κ3) is 2.64. The second-order valence-corrected chi connectivity index (χ2v) is 4.89. The van der Waals surface area contributed by atoms with Crippen LogP contribution in [-0.2, 0) is 10.3 Å². The number of nitrogens with one attached hydrogen (secondary N) is 1. The van der Waals surface area contributed by atoms with Gasteiger partial charge in [-0.1, -0.05) is 30.3 Å². The van der Waals surface area contributed by atoms with Gasteiger partial charge in [0.25, 0.3) is 0 Å². The van der Waals surface area contributed by atoms with Gasteiger partial charge < -0.3 is 15.0 Å². The lowest BCUT2D eigenvalue weighted by Crippen LogP contribution is -2.52. The first-order chi connectivity index (χ1) is 8.64. The van der Waals surface area contributed by atoms with Crippen LogP contribution in [0.4, 0.5) is 4.79 Å². The largest absolute Gasteiger partial charge is 0.381 e. The average molecular weight is 248 g/mol. The maximum Gasteiger partial charge on any atom is 0.317 e. The number of nitrogens with zero attached hydrogens (tertiary/aromatic N) is 1. The summed E-state index contributed by atoms with van der Waals surface area (Å²) in [7, 11) is 3.51. The Morgan fingerprint density at radius 3 is 2.39 bits per heavy atom. The van der Waals surface area contributed by atoms with E-state index in [2.05, 4.69) is 17.4 Å². The first-order valence-electron chi connectivity index (χ1n) is 6.27. The molecule has 4 nitrogen and oxygen atoms in total. The molecule has 0 atom stereocenters. The summed E-state index contributed by atoms with van der Waals surface area (Å²) in [6, 6.07) is 10.1. The molecule has 1 fully saturated rings. The van der Waals surface area contributed by atoms with Crippen molar-refractivity contribution in [3.63, 3.8) is 0 Å². The molecule has 0 bridgehead atoms. The SMILES string of the molecule is CN(C)C(=O)NC1(c2ccccc2)CCOCC1. The van der Waals surface area contributed by atoms with Gasteiger partial charge in [0.2, 0.25) is 0 Å². The quantitative estimate of drug-likeness (QED) is 0.869. The molecule has 1 aromatic rings. The van der Waals surface area contributed by atoms with Crippen molar-refractivity contribution in [1.82, 2.24) is 10.2 Å². The Hall–Kier alpha value is -1.55. The molecule has 18 heavy (non-hydrogen) atoms. The average Bonchev–Trinajstić information content (AvgIpc) is 2.40. The molecule has 4 heteroatoms. The van der Waals surface area contributed by atoms with Crippen LogP contribution in [0.2, 0.25) is 0 Å². The molecule has 0 radical (unpaired) electrons. The number of rotatable bonds is 2. The molecule has 0 unspecified atom stereocenters. The summed E-state index contributed by atoms with van der Waals surface area (Å²) in [4.78, 5) is 13.5. The topological polar surface area (TPSA) is 41.6 Å². The van der Waals surface area contributed by atoms with E-state index in [1.807, 2.05) is 18.2 Å². The van der Waals surface area contributed by atoms with Crippen LogP contribution in [0.5, 0.6) is 0 Å². The molecule has 1 aromatic carbocycles. The molecular weight excluding hydrogens is 228 g/mol. The van der Waals surface area contributed by atoms with Crippen LogP contribution < -0.4 is 5.32 Å². The van der Waals surface area contributed by atoms with Gasteiger partial charge in [0.15, 0.2) is 0 Å². The van der Waals surface area contributed by atoms with Crippen molar-refractivity contribution in [3.8, 4) is 0 Å². The third-order valence-electron chi connectivity index (χ3n) is 3.43. The van der Waals surface area contributed by atoms with E-state index in [1.165, 1.54) is 0 Å². The molecule has 98 valence electrons. The molecular formula is C14H20N2O2. The van der Waals surface area contributed by atoms with Crippen LogP contribution in [-0.4, -0.2) is 38.2 Å². The van der Waals surface area contributed by atoms with Crippen molar-refractivity contribution in [2.75, 3.05) is 27.3 Å². The molecule has 2 amide bonds. The van der Waals surface area contributed by atoms with E-state index < -0.39 is 0 Å². The third-order valence-corrected chi connectivity index (χ3v) is 3.43. The minimum Gasteiger partial charge on any atom is -0.381 e. The first-order valence-corrected chi connectivity index (χ1v) is 6.27. The Balaban J connectivity index is 2.26. The number of amides is 2. The maximum absolute atomic E-state index is 12.0. The second-order valence-electron chi connectivity index (χ2n) is 4.89. The highest BCUT2D eigenvalue weighted by Gasteiger charge is 2.36. The molecule has 0 spiro atoms. The van der Waals surface area contributed by atoms with Crippen molar-refractivity contribution in [2.24, 2.45) is 0 Å². The van der Waals surface area contributed by atoms with E-state index in [0.717, 1.165) is 18.4 Å². The monoisotopic (exact) mass is 248 g/mol. The Morgan fingerprint density at radius 2 is 1.83 bits per heavy atom. The minimum absolute atomic E-state index is 0.0549. The Morgan fingerprint density at radius 1 is 1.22 bits per heavy atom. The summed E-state index contributed by atoms with van der Waals surface area (Å²) in [5.74, 6) is 0. The highest BCUT2D eigenvalue weighted by atomic mass is 16.5. The summed E-state index contributed by atoms with van der Waals surface area (Å²) >= 11 is 0. The van der Waals surface area contributed by atoms with Crippen LogP contribution in [0.1, 0.15) is 18.4 Å². The van der Waals surface area contributed by atoms with Crippen molar-refractivity contribution in [2.45, 2.75) is 18.4 Å². The lowest BCUT2D eigenvalue weighted by molar-refractivity contribution is 0.0394. The van der Waals surface area contributed by atoms with Gasteiger partial charge in [-0.3, -0.25) is 0 Å². The normalized spacial score (nSPS) is 18.1. The minimum atomic E-state index is -0.291. The van der Waals surface area contributed by atoms with Crippen molar-refractivity contribution >= 4 is 6.03 Å². The van der Waals surface area contributed by atoms with Gasteiger partial charge in [-0.05, 0) is 18.4 Å². The molecule has 0 aromatic heterocycles. The standard InChI is InChI=1S/C14H20N2O2/c1-16(2)13(17)15-14(8-10-18-11-9-14)12-6-4-3-5-7-12/h3-7H,8-11H2,1-2H3,(H,15,17). The van der Waals surface area contributed by atoms with Gasteiger partial charge >= 0.3 is 6.03 Å². The number of carbonyl (C=O) groups is 1. The summed E-state index contributed by atoms with van der Waals surface area (Å²) < 4.78 is 5.42. The van der Waals surface area contributed by atoms with Gasteiger partial charge in [-0.25, -0.2) is 4.79 Å². The Kier molecular flexibility index (Phi) is 3.87. The van der Waals surface area contributed by atoms with Crippen LogP contribution in [0, 0.1) is 0 Å². The highest BCUT2D eigenvalue weighted by Crippen LogP contribution is 2.32. The molecule has 1 N–H and O–H groups in total. The fourth-order valence-electron chi connectivity index (χ4n) is 2.28. The van der Waals surface area contributed by atoms with Gasteiger partial charge in [0.05, 0.1) is 5.54 Å². The van der Waals surface area contributed by atoms with E-state index in [9.17, 15) is 4.79 Å². The molecule has 1 saturated heterocycles.